The van der Waals surface area contributed by atoms with Gasteiger partial charge in [0.25, 0.3) is 29.5 Å². The predicted molar refractivity (Wildman–Crippen MR) is 525 cm³/mol. The fraction of sp³-hybridized carbons (Fsp3) is 0.0455. The summed E-state index contributed by atoms with van der Waals surface area (Å²) in [5.74, 6) is 6.98. The predicted octanol–water partition coefficient (Wildman–Crippen LogP) is 27.0. The first-order valence-corrected chi connectivity index (χ1v) is 44.1. The number of hydrogen-bond acceptors (Lipinski definition) is 20. The third-order valence-corrected chi connectivity index (χ3v) is 22.9. The van der Waals surface area contributed by atoms with Gasteiger partial charge in [0, 0.05) is 83.5 Å². The summed E-state index contributed by atoms with van der Waals surface area (Å²) >= 11 is 0. The number of aryl methyl sites for hydroxylation is 5. The number of imidazole rings is 5. The van der Waals surface area contributed by atoms with Crippen molar-refractivity contribution in [2.45, 2.75) is 34.6 Å². The van der Waals surface area contributed by atoms with Crippen molar-refractivity contribution in [1.82, 2.24) is 101 Å². The monoisotopic (exact) mass is 1850 g/mol. The number of rotatable bonds is 15. The van der Waals surface area contributed by atoms with E-state index < -0.39 is 0 Å². The van der Waals surface area contributed by atoms with Crippen LogP contribution in [0, 0.1) is 63.7 Å². The highest BCUT2D eigenvalue weighted by Gasteiger charge is 2.21. The third kappa shape index (κ3) is 19.6. The number of aromatic nitrogens is 20. The number of fused-ring (bicyclic) bond motifs is 5. The number of aromatic amines is 5. The molecule has 10 aromatic heterocycles. The lowest BCUT2D eigenvalue weighted by atomic mass is 10.1. The highest BCUT2D eigenvalue weighted by molar-refractivity contribution is 5.85. The molecule has 0 saturated carbocycles. The van der Waals surface area contributed by atoms with Crippen LogP contribution in [0.3, 0.4) is 0 Å². The molecule has 0 unspecified atom stereocenters. The maximum Gasteiger partial charge on any atom is 0.258 e. The summed E-state index contributed by atoms with van der Waals surface area (Å²) in [7, 11) is 0. The van der Waals surface area contributed by atoms with Gasteiger partial charge in [-0.05, 0) is 186 Å². The Morgan fingerprint density at radius 3 is 0.464 bits per heavy atom. The Morgan fingerprint density at radius 1 is 0.164 bits per heavy atom. The fourth-order valence-electron chi connectivity index (χ4n) is 15.2. The first-order valence-electron chi connectivity index (χ1n) is 44.1. The van der Waals surface area contributed by atoms with E-state index in [4.69, 9.17) is 22.6 Å². The Bertz CT molecular complexity index is 7530. The molecule has 0 aliphatic carbocycles. The van der Waals surface area contributed by atoms with Gasteiger partial charge < -0.3 is 47.5 Å². The summed E-state index contributed by atoms with van der Waals surface area (Å²) in [5, 5.41) is 20.4. The fourth-order valence-corrected chi connectivity index (χ4v) is 15.2. The molecular formula is C110H75F5N20O5. The zero-order valence-electron chi connectivity index (χ0n) is 74.9. The maximum absolute atomic E-state index is 13.4. The molecule has 5 N–H and O–H groups in total. The van der Waals surface area contributed by atoms with E-state index in [2.05, 4.69) is 101 Å². The second kappa shape index (κ2) is 38.2. The Labute approximate surface area is 792 Å². The molecule has 680 valence electrons. The van der Waals surface area contributed by atoms with Crippen LogP contribution < -0.4 is 0 Å². The van der Waals surface area contributed by atoms with Crippen LogP contribution in [-0.2, 0) is 0 Å². The molecule has 0 fully saturated rings. The average Bonchev–Trinajstić information content (AvgIpc) is 1.66. The largest absolute Gasteiger partial charge is 0.338 e. The second-order valence-corrected chi connectivity index (χ2v) is 33.1. The van der Waals surface area contributed by atoms with Crippen molar-refractivity contribution in [1.29, 1.82) is 0 Å². The van der Waals surface area contributed by atoms with E-state index in [0.717, 1.165) is 111 Å². The average molecular weight is 1850 g/mol. The molecule has 30 heteroatoms. The first-order chi connectivity index (χ1) is 68.3. The quantitative estimate of drug-likeness (QED) is 0.0595. The minimum absolute atomic E-state index is 0.292. The lowest BCUT2D eigenvalue weighted by molar-refractivity contribution is 0.432. The molecule has 0 spiro atoms. The lowest BCUT2D eigenvalue weighted by Crippen LogP contribution is -1.84. The van der Waals surface area contributed by atoms with Gasteiger partial charge in [0.1, 0.15) is 58.2 Å². The normalized spacial score (nSPS) is 11.2. The molecule has 10 heterocycles. The van der Waals surface area contributed by atoms with Crippen molar-refractivity contribution >= 4 is 55.2 Å². The van der Waals surface area contributed by atoms with Crippen molar-refractivity contribution in [3.05, 3.63) is 391 Å². The van der Waals surface area contributed by atoms with Crippen LogP contribution in [0.5, 0.6) is 0 Å². The Kier molecular flexibility index (Phi) is 23.9. The van der Waals surface area contributed by atoms with Crippen LogP contribution in [0.2, 0.25) is 0 Å². The van der Waals surface area contributed by atoms with Gasteiger partial charge >= 0.3 is 0 Å². The van der Waals surface area contributed by atoms with Crippen LogP contribution in [0.1, 0.15) is 27.8 Å². The molecule has 0 amide bonds. The van der Waals surface area contributed by atoms with E-state index in [9.17, 15) is 22.0 Å². The maximum atomic E-state index is 13.4. The van der Waals surface area contributed by atoms with Gasteiger partial charge in [0.05, 0.1) is 55.2 Å². The number of halogens is 5. The standard InChI is InChI=1S/5C22H15FN4O/c5*1-13-2-4-16(5-3-13)22-26-21(27-28-22)15-8-6-14(7-9-15)20-24-18-11-10-17(23)12-19(18)25-20/h5*2-12H,1H3,(H,24,25). The summed E-state index contributed by atoms with van der Waals surface area (Å²) in [6.07, 6.45) is 0. The number of nitrogens with zero attached hydrogens (tertiary/aromatic N) is 15. The molecule has 0 atom stereocenters. The number of H-pyrrole nitrogens is 5. The van der Waals surface area contributed by atoms with Gasteiger partial charge in [0.2, 0.25) is 29.1 Å². The van der Waals surface area contributed by atoms with Crippen molar-refractivity contribution in [3.8, 4) is 171 Å². The summed E-state index contributed by atoms with van der Waals surface area (Å²) in [6.45, 7) is 10.2. The van der Waals surface area contributed by atoms with Crippen LogP contribution in [0.25, 0.3) is 226 Å². The van der Waals surface area contributed by atoms with E-state index in [1.165, 1.54) is 88.5 Å². The van der Waals surface area contributed by atoms with Crippen LogP contribution in [-0.4, -0.2) is 101 Å². The van der Waals surface area contributed by atoms with Gasteiger partial charge in [-0.25, -0.2) is 46.9 Å². The van der Waals surface area contributed by atoms with Crippen molar-refractivity contribution < 1.29 is 44.6 Å². The molecule has 25 rings (SSSR count). The van der Waals surface area contributed by atoms with Crippen LogP contribution in [0.4, 0.5) is 22.0 Å². The smallest absolute Gasteiger partial charge is 0.258 e. The summed E-state index contributed by atoms with van der Waals surface area (Å²) in [5.41, 5.74) is 25.9. The van der Waals surface area contributed by atoms with Crippen LogP contribution in [0.15, 0.2) is 356 Å². The first kappa shape index (κ1) is 87.6. The van der Waals surface area contributed by atoms with E-state index in [-0.39, 0.29) is 29.1 Å². The zero-order chi connectivity index (χ0) is 95.4. The summed E-state index contributed by atoms with van der Waals surface area (Å²) in [6, 6.07) is 100. The molecular weight excluding hydrogens is 1780 g/mol. The van der Waals surface area contributed by atoms with Gasteiger partial charge in [0.15, 0.2) is 0 Å². The molecule has 0 aliphatic heterocycles. The molecule has 0 saturated heterocycles. The SMILES string of the molecule is Cc1ccc(-c2nc(-c3ccc(-c4nc5ccc(F)cc5[nH]4)cc3)no2)cc1.Cc1ccc(-c2nc(-c3ccc(-c4nc5ccc(F)cc5[nH]4)cc3)no2)cc1.Cc1ccc(-c2nc(-c3ccc(-c4nc5ccc(F)cc5[nH]4)cc3)no2)cc1.Cc1ccc(-c2nc(-c3ccc(-c4nc5ccc(F)cc5[nH]4)cc3)no2)cc1.Cc1ccc(-c2nc(-c3ccc(-c4nc5ccc(F)cc5[nH]4)cc3)no2)cc1. The Balaban J connectivity index is 0.000000104. The van der Waals surface area contributed by atoms with Crippen molar-refractivity contribution in [3.63, 3.8) is 0 Å². The van der Waals surface area contributed by atoms with E-state index >= 15 is 0 Å². The van der Waals surface area contributed by atoms with E-state index in [1.54, 1.807) is 30.3 Å². The van der Waals surface area contributed by atoms with Crippen molar-refractivity contribution in [2.24, 2.45) is 0 Å². The third-order valence-electron chi connectivity index (χ3n) is 22.9. The Morgan fingerprint density at radius 2 is 0.307 bits per heavy atom. The van der Waals surface area contributed by atoms with E-state index in [1.807, 2.05) is 277 Å². The number of hydrogen-bond donors (Lipinski definition) is 5. The molecule has 0 radical (unpaired) electrons. The number of benzene rings is 15. The molecule has 15 aromatic carbocycles. The highest BCUT2D eigenvalue weighted by atomic mass is 19.1. The molecule has 140 heavy (non-hydrogen) atoms. The summed E-state index contributed by atoms with van der Waals surface area (Å²) in [4.78, 5) is 60.7. The highest BCUT2D eigenvalue weighted by Crippen LogP contribution is 2.35. The van der Waals surface area contributed by atoms with Gasteiger partial charge in [-0.1, -0.05) is 236 Å². The molecule has 25 aromatic rings. The molecule has 25 nitrogen and oxygen atoms in total. The minimum Gasteiger partial charge on any atom is -0.338 e. The van der Waals surface area contributed by atoms with Crippen LogP contribution >= 0.6 is 0 Å². The topological polar surface area (TPSA) is 338 Å². The second-order valence-electron chi connectivity index (χ2n) is 33.1. The van der Waals surface area contributed by atoms with Gasteiger partial charge in [-0.3, -0.25) is 0 Å². The van der Waals surface area contributed by atoms with E-state index in [0.29, 0.717) is 115 Å². The Hall–Kier alpha value is -19.0. The molecule has 0 bridgehead atoms. The van der Waals surface area contributed by atoms with Gasteiger partial charge in [-0.2, -0.15) is 24.9 Å². The molecule has 0 aliphatic rings. The number of nitrogens with one attached hydrogen (secondary N) is 5. The zero-order valence-corrected chi connectivity index (χ0v) is 74.9. The lowest BCUT2D eigenvalue weighted by Gasteiger charge is -1.98. The van der Waals surface area contributed by atoms with Gasteiger partial charge in [-0.15, -0.1) is 0 Å². The minimum atomic E-state index is -0.292. The summed E-state index contributed by atoms with van der Waals surface area (Å²) < 4.78 is 93.8. The van der Waals surface area contributed by atoms with Crippen molar-refractivity contribution in [2.75, 3.05) is 0 Å².